The van der Waals surface area contributed by atoms with Crippen LogP contribution in [0.1, 0.15) is 11.3 Å². The highest BCUT2D eigenvalue weighted by atomic mass is 16.5. The highest BCUT2D eigenvalue weighted by Crippen LogP contribution is 2.30. The Bertz CT molecular complexity index is 978. The van der Waals surface area contributed by atoms with Gasteiger partial charge in [0.25, 0.3) is 5.91 Å². The molecular formula is C25H27N3O2. The van der Waals surface area contributed by atoms with Crippen molar-refractivity contribution < 1.29 is 9.53 Å². The number of pyridine rings is 1. The van der Waals surface area contributed by atoms with Gasteiger partial charge in [-0.15, -0.1) is 0 Å². The molecule has 0 radical (unpaired) electrons. The molecule has 3 aromatic rings. The third-order valence-corrected chi connectivity index (χ3v) is 5.60. The Balaban J connectivity index is 1.63. The average Bonchev–Trinajstić information content (AvgIpc) is 2.80. The van der Waals surface area contributed by atoms with E-state index in [4.69, 9.17) is 4.74 Å². The van der Waals surface area contributed by atoms with Crippen molar-refractivity contribution >= 4 is 5.91 Å². The molecule has 4 rings (SSSR count). The van der Waals surface area contributed by atoms with Gasteiger partial charge in [-0.2, -0.15) is 0 Å². The zero-order chi connectivity index (χ0) is 20.8. The summed E-state index contributed by atoms with van der Waals surface area (Å²) in [5.41, 5.74) is 3.43. The molecule has 1 aromatic heterocycles. The Morgan fingerprint density at radius 3 is 2.60 bits per heavy atom. The summed E-state index contributed by atoms with van der Waals surface area (Å²) in [6, 6.07) is 24.5. The molecule has 1 atom stereocenters. The van der Waals surface area contributed by atoms with Crippen LogP contribution in [0.4, 0.5) is 0 Å². The minimum Gasteiger partial charge on any atom is -0.362 e. The molecule has 154 valence electrons. The van der Waals surface area contributed by atoms with Gasteiger partial charge in [0.1, 0.15) is 0 Å². The maximum Gasteiger partial charge on any atom is 0.253 e. The van der Waals surface area contributed by atoms with Crippen molar-refractivity contribution in [3.63, 3.8) is 0 Å². The second-order valence-corrected chi connectivity index (χ2v) is 7.65. The number of aromatic nitrogens is 1. The summed E-state index contributed by atoms with van der Waals surface area (Å²) in [6.07, 6.45) is 2.31. The van der Waals surface area contributed by atoms with E-state index in [0.717, 1.165) is 28.9 Å². The SMILES string of the molecule is CNC(=O)[C@]1(Cc2ccccc2-c2ccccc2)CN(Cc2ccccn2)CCO1. The van der Waals surface area contributed by atoms with E-state index in [0.29, 0.717) is 26.1 Å². The highest BCUT2D eigenvalue weighted by Gasteiger charge is 2.43. The molecule has 2 aromatic carbocycles. The summed E-state index contributed by atoms with van der Waals surface area (Å²) in [6.45, 7) is 2.50. The second-order valence-electron chi connectivity index (χ2n) is 7.65. The fourth-order valence-electron chi connectivity index (χ4n) is 4.15. The summed E-state index contributed by atoms with van der Waals surface area (Å²) in [5, 5.41) is 2.83. The Morgan fingerprint density at radius 1 is 1.07 bits per heavy atom. The zero-order valence-corrected chi connectivity index (χ0v) is 17.3. The van der Waals surface area contributed by atoms with Crippen LogP contribution in [0.25, 0.3) is 11.1 Å². The molecular weight excluding hydrogens is 374 g/mol. The molecule has 1 N–H and O–H groups in total. The molecule has 0 spiro atoms. The zero-order valence-electron chi connectivity index (χ0n) is 17.3. The number of hydrogen-bond donors (Lipinski definition) is 1. The highest BCUT2D eigenvalue weighted by molar-refractivity contribution is 5.86. The van der Waals surface area contributed by atoms with Crippen molar-refractivity contribution in [2.75, 3.05) is 26.7 Å². The maximum atomic E-state index is 13.1. The predicted molar refractivity (Wildman–Crippen MR) is 118 cm³/mol. The van der Waals surface area contributed by atoms with E-state index in [9.17, 15) is 4.79 Å². The lowest BCUT2D eigenvalue weighted by atomic mass is 9.87. The first-order chi connectivity index (χ1) is 14.7. The first-order valence-electron chi connectivity index (χ1n) is 10.3. The Hall–Kier alpha value is -3.02. The number of carbonyl (C=O) groups excluding carboxylic acids is 1. The van der Waals surface area contributed by atoms with Gasteiger partial charge in [0.2, 0.25) is 0 Å². The van der Waals surface area contributed by atoms with Crippen LogP contribution in [-0.4, -0.2) is 48.1 Å². The van der Waals surface area contributed by atoms with Gasteiger partial charge in [-0.05, 0) is 28.8 Å². The molecule has 5 nitrogen and oxygen atoms in total. The van der Waals surface area contributed by atoms with Crippen molar-refractivity contribution in [2.24, 2.45) is 0 Å². The summed E-state index contributed by atoms with van der Waals surface area (Å²) in [7, 11) is 1.67. The molecule has 0 unspecified atom stereocenters. The third-order valence-electron chi connectivity index (χ3n) is 5.60. The van der Waals surface area contributed by atoms with Gasteiger partial charge in [0.05, 0.1) is 12.3 Å². The van der Waals surface area contributed by atoms with Crippen LogP contribution >= 0.6 is 0 Å². The third kappa shape index (κ3) is 4.42. The molecule has 5 heteroatoms. The molecule has 1 saturated heterocycles. The number of hydrogen-bond acceptors (Lipinski definition) is 4. The molecule has 2 heterocycles. The summed E-state index contributed by atoms with van der Waals surface area (Å²) < 4.78 is 6.21. The van der Waals surface area contributed by atoms with Gasteiger partial charge in [0, 0.05) is 39.3 Å². The lowest BCUT2D eigenvalue weighted by Crippen LogP contribution is -2.60. The van der Waals surface area contributed by atoms with Gasteiger partial charge in [0.15, 0.2) is 5.60 Å². The van der Waals surface area contributed by atoms with E-state index in [1.165, 1.54) is 0 Å². The summed E-state index contributed by atoms with van der Waals surface area (Å²) >= 11 is 0. The van der Waals surface area contributed by atoms with E-state index in [1.807, 2.05) is 48.5 Å². The van der Waals surface area contributed by atoms with Crippen LogP contribution in [-0.2, 0) is 22.5 Å². The average molecular weight is 402 g/mol. The normalized spacial score (nSPS) is 19.4. The summed E-state index contributed by atoms with van der Waals surface area (Å²) in [5.74, 6) is -0.0870. The topological polar surface area (TPSA) is 54.5 Å². The van der Waals surface area contributed by atoms with Crippen molar-refractivity contribution in [1.82, 2.24) is 15.2 Å². The van der Waals surface area contributed by atoms with Crippen LogP contribution in [0.15, 0.2) is 79.0 Å². The molecule has 1 amide bonds. The number of morpholine rings is 1. The van der Waals surface area contributed by atoms with E-state index < -0.39 is 5.60 Å². The predicted octanol–water partition coefficient (Wildman–Crippen LogP) is 3.31. The first-order valence-corrected chi connectivity index (χ1v) is 10.3. The standard InChI is InChI=1S/C25H27N3O2/c1-26-24(29)25(19-28(15-16-30-25)18-22-12-7-8-14-27-22)17-21-11-5-6-13-23(21)20-9-3-2-4-10-20/h2-14H,15-19H2,1H3,(H,26,29)/t25-/m0/s1. The Kier molecular flexibility index (Phi) is 6.21. The lowest BCUT2D eigenvalue weighted by Gasteiger charge is -2.41. The largest absolute Gasteiger partial charge is 0.362 e. The number of amides is 1. The van der Waals surface area contributed by atoms with Crippen LogP contribution in [0.5, 0.6) is 0 Å². The molecule has 1 aliphatic heterocycles. The van der Waals surface area contributed by atoms with E-state index in [1.54, 1.807) is 13.2 Å². The van der Waals surface area contributed by atoms with Crippen molar-refractivity contribution in [1.29, 1.82) is 0 Å². The molecule has 1 fully saturated rings. The van der Waals surface area contributed by atoms with Crippen molar-refractivity contribution in [3.8, 4) is 11.1 Å². The number of carbonyl (C=O) groups is 1. The van der Waals surface area contributed by atoms with E-state index >= 15 is 0 Å². The summed E-state index contributed by atoms with van der Waals surface area (Å²) in [4.78, 5) is 19.8. The van der Waals surface area contributed by atoms with E-state index in [2.05, 4.69) is 39.5 Å². The smallest absolute Gasteiger partial charge is 0.253 e. The Labute approximate surface area is 177 Å². The minimum absolute atomic E-state index is 0.0870. The van der Waals surface area contributed by atoms with Crippen molar-refractivity contribution in [2.45, 2.75) is 18.6 Å². The van der Waals surface area contributed by atoms with Gasteiger partial charge in [-0.25, -0.2) is 0 Å². The Morgan fingerprint density at radius 2 is 1.83 bits per heavy atom. The number of nitrogens with zero attached hydrogens (tertiary/aromatic N) is 2. The number of ether oxygens (including phenoxy) is 1. The number of benzene rings is 2. The van der Waals surface area contributed by atoms with E-state index in [-0.39, 0.29) is 5.91 Å². The monoisotopic (exact) mass is 401 g/mol. The van der Waals surface area contributed by atoms with Crippen LogP contribution in [0.2, 0.25) is 0 Å². The second kappa shape index (κ2) is 9.20. The lowest BCUT2D eigenvalue weighted by molar-refractivity contribution is -0.160. The number of likely N-dealkylation sites (N-methyl/N-ethyl adjacent to an activating group) is 1. The number of nitrogens with one attached hydrogen (secondary N) is 1. The number of rotatable bonds is 6. The molecule has 30 heavy (non-hydrogen) atoms. The molecule has 0 bridgehead atoms. The van der Waals surface area contributed by atoms with Gasteiger partial charge in [-0.1, -0.05) is 60.7 Å². The van der Waals surface area contributed by atoms with Gasteiger partial charge >= 0.3 is 0 Å². The van der Waals surface area contributed by atoms with Gasteiger partial charge in [-0.3, -0.25) is 14.7 Å². The molecule has 1 aliphatic rings. The van der Waals surface area contributed by atoms with Crippen molar-refractivity contribution in [3.05, 3.63) is 90.3 Å². The van der Waals surface area contributed by atoms with Crippen LogP contribution in [0, 0.1) is 0 Å². The fourth-order valence-corrected chi connectivity index (χ4v) is 4.15. The quantitative estimate of drug-likeness (QED) is 0.689. The maximum absolute atomic E-state index is 13.1. The fraction of sp³-hybridized carbons (Fsp3) is 0.280. The molecule has 0 aliphatic carbocycles. The minimum atomic E-state index is -0.938. The van der Waals surface area contributed by atoms with Gasteiger partial charge < -0.3 is 10.1 Å². The molecule has 0 saturated carbocycles. The van der Waals surface area contributed by atoms with Crippen LogP contribution in [0.3, 0.4) is 0 Å². The van der Waals surface area contributed by atoms with Crippen LogP contribution < -0.4 is 5.32 Å². The first kappa shape index (κ1) is 20.3.